The lowest BCUT2D eigenvalue weighted by Gasteiger charge is -2.34. The van der Waals surface area contributed by atoms with Crippen LogP contribution in [0.15, 0.2) is 59.6 Å². The van der Waals surface area contributed by atoms with E-state index in [9.17, 15) is 5.11 Å². The molecule has 0 aromatic heterocycles. The summed E-state index contributed by atoms with van der Waals surface area (Å²) in [5.74, 6) is 1.57. The van der Waals surface area contributed by atoms with Crippen LogP contribution in [-0.4, -0.2) is 67.5 Å². The van der Waals surface area contributed by atoms with E-state index in [1.54, 1.807) is 0 Å². The number of hydrogen-bond acceptors (Lipinski definition) is 5. The highest BCUT2D eigenvalue weighted by Gasteiger charge is 2.25. The van der Waals surface area contributed by atoms with E-state index in [0.717, 1.165) is 49.7 Å². The maximum absolute atomic E-state index is 10.8. The van der Waals surface area contributed by atoms with E-state index in [2.05, 4.69) is 44.8 Å². The molecule has 1 aliphatic rings. The monoisotopic (exact) mass is 440 g/mol. The van der Waals surface area contributed by atoms with E-state index < -0.39 is 5.60 Å². The molecule has 1 saturated heterocycles. The van der Waals surface area contributed by atoms with E-state index in [0.29, 0.717) is 32.2 Å². The van der Waals surface area contributed by atoms with Gasteiger partial charge in [-0.05, 0) is 37.1 Å². The Morgan fingerprint density at radius 1 is 1.06 bits per heavy atom. The topological polar surface area (TPSA) is 78.4 Å². The minimum absolute atomic E-state index is 0.423. The molecular formula is C25H36N4O3. The first kappa shape index (κ1) is 24.0. The summed E-state index contributed by atoms with van der Waals surface area (Å²) >= 11 is 0. The van der Waals surface area contributed by atoms with Crippen molar-refractivity contribution in [3.05, 3.63) is 65.7 Å². The highest BCUT2D eigenvalue weighted by atomic mass is 16.5. The summed E-state index contributed by atoms with van der Waals surface area (Å²) < 4.78 is 11.2. The molecule has 2 aromatic carbocycles. The Morgan fingerprint density at radius 3 is 2.44 bits per heavy atom. The molecule has 0 amide bonds. The van der Waals surface area contributed by atoms with Crippen molar-refractivity contribution in [1.29, 1.82) is 0 Å². The van der Waals surface area contributed by atoms with Gasteiger partial charge in [0.2, 0.25) is 0 Å². The first-order valence-electron chi connectivity index (χ1n) is 11.3. The summed E-state index contributed by atoms with van der Waals surface area (Å²) in [4.78, 5) is 6.91. The predicted molar refractivity (Wildman–Crippen MR) is 128 cm³/mol. The van der Waals surface area contributed by atoms with Crippen molar-refractivity contribution in [3.63, 3.8) is 0 Å². The Morgan fingerprint density at radius 2 is 1.75 bits per heavy atom. The van der Waals surface area contributed by atoms with E-state index in [-0.39, 0.29) is 0 Å². The molecule has 32 heavy (non-hydrogen) atoms. The third-order valence-electron chi connectivity index (χ3n) is 5.24. The number of hydrogen-bond donors (Lipinski definition) is 3. The first-order valence-corrected chi connectivity index (χ1v) is 11.3. The fourth-order valence-electron chi connectivity index (χ4n) is 3.51. The average molecular weight is 441 g/mol. The van der Waals surface area contributed by atoms with Crippen LogP contribution in [0.1, 0.15) is 25.0 Å². The van der Waals surface area contributed by atoms with Gasteiger partial charge < -0.3 is 25.2 Å². The number of nitrogens with one attached hydrogen (secondary N) is 2. The number of aliphatic imine (C=N–C) groups is 1. The second kappa shape index (κ2) is 12.4. The zero-order valence-electron chi connectivity index (χ0n) is 19.2. The van der Waals surface area contributed by atoms with Gasteiger partial charge in [0, 0.05) is 32.7 Å². The van der Waals surface area contributed by atoms with Gasteiger partial charge >= 0.3 is 0 Å². The van der Waals surface area contributed by atoms with Gasteiger partial charge in [0.15, 0.2) is 5.96 Å². The SMILES string of the molecule is CCNC(=NCc1ccc(COc2ccccc2)cc1)NCC(C)(O)CN1CCOCC1. The summed E-state index contributed by atoms with van der Waals surface area (Å²) in [7, 11) is 0. The zero-order chi connectivity index (χ0) is 22.7. The molecule has 0 radical (unpaired) electrons. The summed E-state index contributed by atoms with van der Waals surface area (Å²) in [5, 5.41) is 17.3. The van der Waals surface area contributed by atoms with Gasteiger partial charge in [-0.25, -0.2) is 4.99 Å². The zero-order valence-corrected chi connectivity index (χ0v) is 19.2. The summed E-state index contributed by atoms with van der Waals surface area (Å²) in [6, 6.07) is 18.1. The second-order valence-corrected chi connectivity index (χ2v) is 8.35. The van der Waals surface area contributed by atoms with Crippen LogP contribution < -0.4 is 15.4 Å². The lowest BCUT2D eigenvalue weighted by Crippen LogP contribution is -2.52. The summed E-state index contributed by atoms with van der Waals surface area (Å²) in [5.41, 5.74) is 1.38. The average Bonchev–Trinajstić information content (AvgIpc) is 2.81. The maximum Gasteiger partial charge on any atom is 0.191 e. The molecule has 7 nitrogen and oxygen atoms in total. The van der Waals surface area contributed by atoms with Crippen LogP contribution in [-0.2, 0) is 17.9 Å². The van der Waals surface area contributed by atoms with Gasteiger partial charge in [-0.1, -0.05) is 42.5 Å². The lowest BCUT2D eigenvalue weighted by atomic mass is 10.1. The Kier molecular flexibility index (Phi) is 9.34. The molecular weight excluding hydrogens is 404 g/mol. The Bertz CT molecular complexity index is 819. The highest BCUT2D eigenvalue weighted by molar-refractivity contribution is 5.79. The quantitative estimate of drug-likeness (QED) is 0.389. The normalized spacial score (nSPS) is 16.9. The smallest absolute Gasteiger partial charge is 0.191 e. The number of para-hydroxylation sites is 1. The van der Waals surface area contributed by atoms with Crippen molar-refractivity contribution in [2.75, 3.05) is 45.9 Å². The molecule has 7 heteroatoms. The van der Waals surface area contributed by atoms with Crippen molar-refractivity contribution in [1.82, 2.24) is 15.5 Å². The molecule has 1 atom stereocenters. The third-order valence-corrected chi connectivity index (χ3v) is 5.24. The molecule has 1 heterocycles. The van der Waals surface area contributed by atoms with Crippen molar-refractivity contribution in [3.8, 4) is 5.75 Å². The van der Waals surface area contributed by atoms with Crippen molar-refractivity contribution >= 4 is 5.96 Å². The van der Waals surface area contributed by atoms with Gasteiger partial charge in [0.1, 0.15) is 12.4 Å². The van der Waals surface area contributed by atoms with Gasteiger partial charge in [-0.3, -0.25) is 4.90 Å². The Balaban J connectivity index is 1.48. The van der Waals surface area contributed by atoms with Crippen LogP contribution in [0, 0.1) is 0 Å². The Labute approximate surface area is 191 Å². The summed E-state index contributed by atoms with van der Waals surface area (Å²) in [6.45, 7) is 9.94. The number of rotatable bonds is 10. The van der Waals surface area contributed by atoms with E-state index in [4.69, 9.17) is 9.47 Å². The lowest BCUT2D eigenvalue weighted by molar-refractivity contribution is -0.0201. The van der Waals surface area contributed by atoms with Crippen molar-refractivity contribution in [2.45, 2.75) is 32.6 Å². The fourth-order valence-corrected chi connectivity index (χ4v) is 3.51. The minimum Gasteiger partial charge on any atom is -0.489 e. The van der Waals surface area contributed by atoms with Crippen molar-refractivity contribution < 1.29 is 14.6 Å². The molecule has 3 N–H and O–H groups in total. The molecule has 174 valence electrons. The van der Waals surface area contributed by atoms with Gasteiger partial charge in [-0.15, -0.1) is 0 Å². The van der Waals surface area contributed by atoms with Crippen LogP contribution in [0.2, 0.25) is 0 Å². The number of ether oxygens (including phenoxy) is 2. The number of guanidine groups is 1. The molecule has 3 rings (SSSR count). The standard InChI is InChI=1S/C25H36N4O3/c1-3-26-24(28-19-25(2,30)20-29-13-15-31-16-14-29)27-17-21-9-11-22(12-10-21)18-32-23-7-5-4-6-8-23/h4-12,30H,3,13-20H2,1-2H3,(H2,26,27,28). The van der Waals surface area contributed by atoms with Crippen LogP contribution in [0.25, 0.3) is 0 Å². The number of aliphatic hydroxyl groups is 1. The van der Waals surface area contributed by atoms with Gasteiger partial charge in [0.05, 0.1) is 25.4 Å². The predicted octanol–water partition coefficient (Wildman–Crippen LogP) is 2.40. The second-order valence-electron chi connectivity index (χ2n) is 8.35. The van der Waals surface area contributed by atoms with Crippen molar-refractivity contribution in [2.24, 2.45) is 4.99 Å². The maximum atomic E-state index is 10.8. The molecule has 1 fully saturated rings. The van der Waals surface area contributed by atoms with E-state index in [1.807, 2.05) is 44.2 Å². The highest BCUT2D eigenvalue weighted by Crippen LogP contribution is 2.13. The minimum atomic E-state index is -0.853. The first-order chi connectivity index (χ1) is 15.5. The van der Waals surface area contributed by atoms with E-state index >= 15 is 0 Å². The van der Waals surface area contributed by atoms with Crippen LogP contribution in [0.5, 0.6) is 5.75 Å². The molecule has 1 unspecified atom stereocenters. The van der Waals surface area contributed by atoms with Gasteiger partial charge in [0.25, 0.3) is 0 Å². The molecule has 0 saturated carbocycles. The number of nitrogens with zero attached hydrogens (tertiary/aromatic N) is 2. The number of benzene rings is 2. The fraction of sp³-hybridized carbons (Fsp3) is 0.480. The molecule has 1 aliphatic heterocycles. The van der Waals surface area contributed by atoms with Crippen LogP contribution >= 0.6 is 0 Å². The van der Waals surface area contributed by atoms with Gasteiger partial charge in [-0.2, -0.15) is 0 Å². The molecule has 0 spiro atoms. The van der Waals surface area contributed by atoms with Crippen LogP contribution in [0.3, 0.4) is 0 Å². The number of morpholine rings is 1. The van der Waals surface area contributed by atoms with E-state index in [1.165, 1.54) is 0 Å². The third kappa shape index (κ3) is 8.49. The number of β-amino-alcohol motifs (C(OH)–C–C–N with tert-alkyl or cyclic N) is 1. The molecule has 0 bridgehead atoms. The largest absolute Gasteiger partial charge is 0.489 e. The molecule has 0 aliphatic carbocycles. The molecule has 2 aromatic rings. The Hall–Kier alpha value is -2.61. The summed E-state index contributed by atoms with van der Waals surface area (Å²) in [6.07, 6.45) is 0. The van der Waals surface area contributed by atoms with Crippen LogP contribution in [0.4, 0.5) is 0 Å².